The Kier molecular flexibility index (Phi) is 34.3. The van der Waals surface area contributed by atoms with Gasteiger partial charge in [0.1, 0.15) is 24.4 Å². The van der Waals surface area contributed by atoms with Crippen LogP contribution in [0.25, 0.3) is 0 Å². The molecular formula is C46H85NO8. The van der Waals surface area contributed by atoms with Crippen molar-refractivity contribution in [2.75, 3.05) is 13.2 Å². The fourth-order valence-electron chi connectivity index (χ4n) is 7.12. The third-order valence-electron chi connectivity index (χ3n) is 10.8. The lowest BCUT2D eigenvalue weighted by Crippen LogP contribution is -2.60. The molecule has 1 amide bonds. The van der Waals surface area contributed by atoms with Crippen LogP contribution in [-0.4, -0.2) is 87.5 Å². The molecule has 1 aliphatic heterocycles. The number of aliphatic hydroxyl groups excluding tert-OH is 5. The van der Waals surface area contributed by atoms with E-state index in [2.05, 4.69) is 55.6 Å². The minimum atomic E-state index is -1.56. The number of nitrogens with one attached hydrogen (secondary N) is 1. The molecule has 0 aromatic carbocycles. The second kappa shape index (κ2) is 36.7. The fourth-order valence-corrected chi connectivity index (χ4v) is 7.12. The Labute approximate surface area is 336 Å². The van der Waals surface area contributed by atoms with Gasteiger partial charge in [0.05, 0.1) is 25.4 Å². The Hall–Kier alpha value is -1.59. The minimum Gasteiger partial charge on any atom is -0.394 e. The van der Waals surface area contributed by atoms with Gasteiger partial charge in [-0.25, -0.2) is 0 Å². The summed E-state index contributed by atoms with van der Waals surface area (Å²) in [6.07, 6.45) is 37.2. The van der Waals surface area contributed by atoms with Gasteiger partial charge in [-0.15, -0.1) is 0 Å². The monoisotopic (exact) mass is 780 g/mol. The molecule has 9 heteroatoms. The maximum atomic E-state index is 13.0. The quantitative estimate of drug-likeness (QED) is 0.0270. The zero-order chi connectivity index (χ0) is 40.2. The normalized spacial score (nSPS) is 21.6. The number of ether oxygens (including phenoxy) is 2. The predicted octanol–water partition coefficient (Wildman–Crippen LogP) is 9.28. The summed E-state index contributed by atoms with van der Waals surface area (Å²) < 4.78 is 11.2. The Morgan fingerprint density at radius 1 is 0.636 bits per heavy atom. The van der Waals surface area contributed by atoms with E-state index >= 15 is 0 Å². The van der Waals surface area contributed by atoms with Gasteiger partial charge in [-0.05, 0) is 44.9 Å². The lowest BCUT2D eigenvalue weighted by atomic mass is 9.99. The second-order valence-corrected chi connectivity index (χ2v) is 15.8. The summed E-state index contributed by atoms with van der Waals surface area (Å²) in [6.45, 7) is 3.71. The summed E-state index contributed by atoms with van der Waals surface area (Å²) in [5.41, 5.74) is 0. The van der Waals surface area contributed by atoms with Crippen LogP contribution in [0.1, 0.15) is 194 Å². The highest BCUT2D eigenvalue weighted by Gasteiger charge is 2.44. The van der Waals surface area contributed by atoms with Gasteiger partial charge < -0.3 is 40.3 Å². The smallest absolute Gasteiger partial charge is 0.220 e. The SMILES string of the molecule is CC/C=C\C/C=C\C/C=C\CCCCCCCC(=O)NC(COC1OC(CO)C(O)C(O)C1O)C(O)CCCCCCCCCCCCCCCCCCC. The molecule has 0 spiro atoms. The molecule has 0 bridgehead atoms. The topological polar surface area (TPSA) is 149 Å². The molecular weight excluding hydrogens is 695 g/mol. The van der Waals surface area contributed by atoms with Crippen molar-refractivity contribution in [2.45, 2.75) is 236 Å². The molecule has 1 fully saturated rings. The molecule has 6 N–H and O–H groups in total. The van der Waals surface area contributed by atoms with E-state index in [1.54, 1.807) is 0 Å². The second-order valence-electron chi connectivity index (χ2n) is 15.8. The van der Waals surface area contributed by atoms with Crippen molar-refractivity contribution < 1.29 is 39.8 Å². The molecule has 322 valence electrons. The van der Waals surface area contributed by atoms with Crippen molar-refractivity contribution in [2.24, 2.45) is 0 Å². The van der Waals surface area contributed by atoms with Crippen molar-refractivity contribution in [3.8, 4) is 0 Å². The van der Waals surface area contributed by atoms with Crippen molar-refractivity contribution in [3.63, 3.8) is 0 Å². The first-order valence-corrected chi connectivity index (χ1v) is 22.7. The third kappa shape index (κ3) is 27.6. The first-order valence-electron chi connectivity index (χ1n) is 22.7. The molecule has 0 aromatic rings. The summed E-state index contributed by atoms with van der Waals surface area (Å²) in [5, 5.41) is 54.3. The highest BCUT2D eigenvalue weighted by Crippen LogP contribution is 2.23. The highest BCUT2D eigenvalue weighted by molar-refractivity contribution is 5.76. The summed E-state index contributed by atoms with van der Waals surface area (Å²) in [6, 6.07) is -0.727. The number of rotatable bonds is 37. The van der Waals surface area contributed by atoms with Crippen LogP contribution < -0.4 is 5.32 Å². The Balaban J connectivity index is 2.35. The van der Waals surface area contributed by atoms with Crippen LogP contribution in [0.3, 0.4) is 0 Å². The van der Waals surface area contributed by atoms with Gasteiger partial charge in [-0.1, -0.05) is 179 Å². The van der Waals surface area contributed by atoms with Crippen LogP contribution in [0.15, 0.2) is 36.5 Å². The molecule has 9 nitrogen and oxygen atoms in total. The van der Waals surface area contributed by atoms with E-state index in [1.807, 2.05) is 0 Å². The molecule has 0 saturated carbocycles. The maximum absolute atomic E-state index is 13.0. The standard InChI is InChI=1S/C46H85NO8/c1-3-5-7-9-11-13-15-17-19-20-22-23-25-27-29-31-33-35-40(49)39(38-54-46-45(53)44(52)43(51)41(37-48)55-46)47-42(50)36-34-32-30-28-26-24-21-18-16-14-12-10-8-6-4-2/h6,8,12,14,18,21,39-41,43-46,48-49,51-53H,3-5,7,9-11,13,15-17,19-20,22-38H2,1-2H3,(H,47,50)/b8-6-,14-12-,21-18-. The number of unbranched alkanes of at least 4 members (excludes halogenated alkanes) is 21. The minimum absolute atomic E-state index is 0.145. The van der Waals surface area contributed by atoms with Gasteiger partial charge in [-0.3, -0.25) is 4.79 Å². The third-order valence-corrected chi connectivity index (χ3v) is 10.8. The molecule has 0 radical (unpaired) electrons. The average Bonchev–Trinajstić information content (AvgIpc) is 3.18. The van der Waals surface area contributed by atoms with Gasteiger partial charge in [0, 0.05) is 6.42 Å². The number of allylic oxidation sites excluding steroid dienone is 6. The van der Waals surface area contributed by atoms with Gasteiger partial charge in [0.2, 0.25) is 5.91 Å². The Morgan fingerprint density at radius 2 is 1.13 bits per heavy atom. The largest absolute Gasteiger partial charge is 0.394 e. The van der Waals surface area contributed by atoms with Gasteiger partial charge in [0.15, 0.2) is 6.29 Å². The van der Waals surface area contributed by atoms with E-state index in [9.17, 15) is 30.3 Å². The first-order chi connectivity index (χ1) is 26.8. The highest BCUT2D eigenvalue weighted by atomic mass is 16.7. The van der Waals surface area contributed by atoms with E-state index in [1.165, 1.54) is 89.9 Å². The summed E-state index contributed by atoms with van der Waals surface area (Å²) in [7, 11) is 0. The number of aliphatic hydroxyl groups is 5. The molecule has 7 unspecified atom stereocenters. The zero-order valence-corrected chi connectivity index (χ0v) is 35.2. The van der Waals surface area contributed by atoms with Crippen molar-refractivity contribution in [1.29, 1.82) is 0 Å². The van der Waals surface area contributed by atoms with Gasteiger partial charge >= 0.3 is 0 Å². The Bertz CT molecular complexity index is 956. The molecule has 1 heterocycles. The number of carbonyl (C=O) groups excluding carboxylic acids is 1. The van der Waals surface area contributed by atoms with Crippen molar-refractivity contribution >= 4 is 5.91 Å². The first kappa shape index (κ1) is 51.4. The summed E-state index contributed by atoms with van der Waals surface area (Å²) in [5.74, 6) is -0.162. The fraction of sp³-hybridized carbons (Fsp3) is 0.848. The molecule has 1 rings (SSSR count). The van der Waals surface area contributed by atoms with Gasteiger partial charge in [0.25, 0.3) is 0 Å². The summed E-state index contributed by atoms with van der Waals surface area (Å²) in [4.78, 5) is 13.0. The molecule has 0 aliphatic carbocycles. The van der Waals surface area contributed by atoms with Crippen molar-refractivity contribution in [1.82, 2.24) is 5.32 Å². The maximum Gasteiger partial charge on any atom is 0.220 e. The molecule has 1 saturated heterocycles. The van der Waals surface area contributed by atoms with Crippen molar-refractivity contribution in [3.05, 3.63) is 36.5 Å². The number of amides is 1. The predicted molar refractivity (Wildman–Crippen MR) is 226 cm³/mol. The lowest BCUT2D eigenvalue weighted by molar-refractivity contribution is -0.302. The van der Waals surface area contributed by atoms with E-state index in [4.69, 9.17) is 9.47 Å². The lowest BCUT2D eigenvalue weighted by Gasteiger charge is -2.40. The van der Waals surface area contributed by atoms with Crippen LogP contribution in [-0.2, 0) is 14.3 Å². The van der Waals surface area contributed by atoms with Crippen LogP contribution in [0.2, 0.25) is 0 Å². The average molecular weight is 780 g/mol. The van der Waals surface area contributed by atoms with Crippen LogP contribution in [0.4, 0.5) is 0 Å². The van der Waals surface area contributed by atoms with Gasteiger partial charge in [-0.2, -0.15) is 0 Å². The molecule has 55 heavy (non-hydrogen) atoms. The van der Waals surface area contributed by atoms with E-state index in [0.29, 0.717) is 12.8 Å². The van der Waals surface area contributed by atoms with Crippen LogP contribution >= 0.6 is 0 Å². The number of hydrogen-bond donors (Lipinski definition) is 6. The zero-order valence-electron chi connectivity index (χ0n) is 35.2. The molecule has 1 aliphatic rings. The molecule has 0 aromatic heterocycles. The number of carbonyl (C=O) groups is 1. The summed E-state index contributed by atoms with van der Waals surface area (Å²) >= 11 is 0. The number of hydrogen-bond acceptors (Lipinski definition) is 8. The molecule has 7 atom stereocenters. The Morgan fingerprint density at radius 3 is 1.67 bits per heavy atom. The van der Waals surface area contributed by atoms with E-state index in [0.717, 1.165) is 77.0 Å². The van der Waals surface area contributed by atoms with E-state index in [-0.39, 0.29) is 12.5 Å². The van der Waals surface area contributed by atoms with E-state index < -0.39 is 49.5 Å². The van der Waals surface area contributed by atoms with Crippen LogP contribution in [0.5, 0.6) is 0 Å². The van der Waals surface area contributed by atoms with Crippen LogP contribution in [0, 0.1) is 0 Å².